The number of amides is 1. The molecule has 24 heavy (non-hydrogen) atoms. The molecule has 132 valence electrons. The van der Waals surface area contributed by atoms with Crippen LogP contribution >= 0.6 is 0 Å². The van der Waals surface area contributed by atoms with Gasteiger partial charge in [-0.25, -0.2) is 4.39 Å². The van der Waals surface area contributed by atoms with Crippen molar-refractivity contribution in [1.29, 1.82) is 0 Å². The zero-order valence-corrected chi connectivity index (χ0v) is 14.5. The van der Waals surface area contributed by atoms with Crippen molar-refractivity contribution >= 4 is 5.91 Å². The zero-order valence-electron chi connectivity index (χ0n) is 14.5. The van der Waals surface area contributed by atoms with Crippen LogP contribution in [0.2, 0.25) is 0 Å². The average Bonchev–Trinajstić information content (AvgIpc) is 2.81. The van der Waals surface area contributed by atoms with Crippen molar-refractivity contribution in [3.8, 4) is 0 Å². The minimum atomic E-state index is -0.433. The summed E-state index contributed by atoms with van der Waals surface area (Å²) in [6.07, 6.45) is 4.60. The lowest BCUT2D eigenvalue weighted by molar-refractivity contribution is 0.0216. The number of carbonyl (C=O) groups excluding carboxylic acids is 1. The summed E-state index contributed by atoms with van der Waals surface area (Å²) in [6, 6.07) is 4.81. The summed E-state index contributed by atoms with van der Waals surface area (Å²) >= 11 is 0. The molecular weight excluding hydrogens is 307 g/mol. The summed E-state index contributed by atoms with van der Waals surface area (Å²) in [5.74, 6) is -0.653. The Morgan fingerprint density at radius 2 is 2.00 bits per heavy atom. The van der Waals surface area contributed by atoms with Crippen LogP contribution in [0.1, 0.15) is 41.6 Å². The minimum Gasteiger partial charge on any atom is -0.375 e. The molecule has 2 heterocycles. The zero-order chi connectivity index (χ0) is 16.9. The maximum absolute atomic E-state index is 14.1. The molecular formula is C19H27FN2O2. The summed E-state index contributed by atoms with van der Waals surface area (Å²) in [6.45, 7) is 6.75. The molecule has 2 aliphatic heterocycles. The smallest absolute Gasteiger partial charge is 0.256 e. The summed E-state index contributed by atoms with van der Waals surface area (Å²) in [5.41, 5.74) is 0.991. The predicted octanol–water partition coefficient (Wildman–Crippen LogP) is 2.85. The molecule has 0 aromatic heterocycles. The highest BCUT2D eigenvalue weighted by Gasteiger charge is 2.26. The van der Waals surface area contributed by atoms with Gasteiger partial charge >= 0.3 is 0 Å². The third-order valence-corrected chi connectivity index (χ3v) is 4.90. The lowest BCUT2D eigenvalue weighted by atomic mass is 10.1. The Kier molecular flexibility index (Phi) is 5.85. The van der Waals surface area contributed by atoms with Crippen molar-refractivity contribution in [2.75, 3.05) is 39.3 Å². The Morgan fingerprint density at radius 1 is 1.21 bits per heavy atom. The number of aryl methyl sites for hydroxylation is 1. The number of ether oxygens (including phenoxy) is 1. The molecule has 0 radical (unpaired) electrons. The van der Waals surface area contributed by atoms with Crippen LogP contribution in [0.5, 0.6) is 0 Å². The number of carbonyl (C=O) groups is 1. The molecule has 2 aliphatic rings. The SMILES string of the molecule is Cc1ccc(C(=O)N2CCCO[C@H](CN3CCCCC3)C2)c(F)c1. The van der Waals surface area contributed by atoms with Gasteiger partial charge in [-0.2, -0.15) is 0 Å². The highest BCUT2D eigenvalue weighted by molar-refractivity contribution is 5.94. The van der Waals surface area contributed by atoms with Crippen molar-refractivity contribution in [3.05, 3.63) is 35.1 Å². The van der Waals surface area contributed by atoms with Crippen LogP contribution < -0.4 is 0 Å². The standard InChI is InChI=1S/C19H27FN2O2/c1-15-6-7-17(18(20)12-15)19(23)22-10-5-11-24-16(14-22)13-21-8-3-2-4-9-21/h6-7,12,16H,2-5,8-11,13-14H2,1H3/t16-/m1/s1. The number of nitrogens with zero attached hydrogens (tertiary/aromatic N) is 2. The fourth-order valence-electron chi connectivity index (χ4n) is 3.58. The highest BCUT2D eigenvalue weighted by atomic mass is 19.1. The molecule has 3 rings (SSSR count). The lowest BCUT2D eigenvalue weighted by Crippen LogP contribution is -2.44. The van der Waals surface area contributed by atoms with Gasteiger partial charge in [0.2, 0.25) is 0 Å². The van der Waals surface area contributed by atoms with Crippen LogP contribution in [0.4, 0.5) is 4.39 Å². The topological polar surface area (TPSA) is 32.8 Å². The highest BCUT2D eigenvalue weighted by Crippen LogP contribution is 2.17. The second-order valence-corrected chi connectivity index (χ2v) is 6.94. The third kappa shape index (κ3) is 4.33. The van der Waals surface area contributed by atoms with E-state index in [4.69, 9.17) is 4.74 Å². The van der Waals surface area contributed by atoms with Gasteiger partial charge in [-0.05, 0) is 57.0 Å². The Hall–Kier alpha value is -1.46. The number of piperidine rings is 1. The van der Waals surface area contributed by atoms with Gasteiger partial charge in [0.05, 0.1) is 11.7 Å². The molecule has 5 heteroatoms. The van der Waals surface area contributed by atoms with E-state index in [0.29, 0.717) is 19.7 Å². The number of hydrogen-bond acceptors (Lipinski definition) is 3. The summed E-state index contributed by atoms with van der Waals surface area (Å²) in [4.78, 5) is 16.9. The van der Waals surface area contributed by atoms with Gasteiger partial charge in [0, 0.05) is 26.2 Å². The van der Waals surface area contributed by atoms with E-state index in [-0.39, 0.29) is 17.6 Å². The third-order valence-electron chi connectivity index (χ3n) is 4.90. The normalized spacial score (nSPS) is 23.1. The summed E-state index contributed by atoms with van der Waals surface area (Å²) < 4.78 is 20.1. The van der Waals surface area contributed by atoms with E-state index in [1.807, 2.05) is 6.92 Å². The van der Waals surface area contributed by atoms with Gasteiger partial charge in [-0.1, -0.05) is 12.5 Å². The molecule has 0 spiro atoms. The first kappa shape index (κ1) is 17.4. The molecule has 0 unspecified atom stereocenters. The molecule has 1 atom stereocenters. The molecule has 0 N–H and O–H groups in total. The van der Waals surface area contributed by atoms with Crippen LogP contribution in [-0.4, -0.2) is 61.1 Å². The van der Waals surface area contributed by atoms with Crippen molar-refractivity contribution in [2.45, 2.75) is 38.7 Å². The predicted molar refractivity (Wildman–Crippen MR) is 91.7 cm³/mol. The Morgan fingerprint density at radius 3 is 2.75 bits per heavy atom. The molecule has 0 aliphatic carbocycles. The van der Waals surface area contributed by atoms with E-state index < -0.39 is 5.82 Å². The van der Waals surface area contributed by atoms with Crippen LogP contribution in [-0.2, 0) is 4.74 Å². The largest absolute Gasteiger partial charge is 0.375 e. The second-order valence-electron chi connectivity index (χ2n) is 6.94. The number of rotatable bonds is 3. The molecule has 0 saturated carbocycles. The van der Waals surface area contributed by atoms with E-state index >= 15 is 0 Å². The van der Waals surface area contributed by atoms with E-state index in [1.54, 1.807) is 17.0 Å². The van der Waals surface area contributed by atoms with E-state index in [0.717, 1.165) is 31.6 Å². The van der Waals surface area contributed by atoms with E-state index in [2.05, 4.69) is 4.90 Å². The quantitative estimate of drug-likeness (QED) is 0.852. The Bertz CT molecular complexity index is 572. The number of benzene rings is 1. The van der Waals surface area contributed by atoms with Gasteiger partial charge in [-0.3, -0.25) is 4.79 Å². The van der Waals surface area contributed by atoms with Crippen LogP contribution in [0.25, 0.3) is 0 Å². The number of halogens is 1. The first-order valence-electron chi connectivity index (χ1n) is 9.03. The molecule has 0 bridgehead atoms. The first-order valence-corrected chi connectivity index (χ1v) is 9.03. The van der Waals surface area contributed by atoms with Crippen molar-refractivity contribution < 1.29 is 13.9 Å². The fourth-order valence-corrected chi connectivity index (χ4v) is 3.58. The fraction of sp³-hybridized carbons (Fsp3) is 0.632. The van der Waals surface area contributed by atoms with Gasteiger partial charge in [0.1, 0.15) is 5.82 Å². The van der Waals surface area contributed by atoms with E-state index in [9.17, 15) is 9.18 Å². The Labute approximate surface area is 143 Å². The maximum Gasteiger partial charge on any atom is 0.256 e. The van der Waals surface area contributed by atoms with Gasteiger partial charge in [0.15, 0.2) is 0 Å². The van der Waals surface area contributed by atoms with Crippen LogP contribution in [0, 0.1) is 12.7 Å². The number of hydrogen-bond donors (Lipinski definition) is 0. The molecule has 1 aromatic rings. The Balaban J connectivity index is 1.66. The summed E-state index contributed by atoms with van der Waals surface area (Å²) in [5, 5.41) is 0. The van der Waals surface area contributed by atoms with Gasteiger partial charge < -0.3 is 14.5 Å². The first-order chi connectivity index (χ1) is 11.6. The van der Waals surface area contributed by atoms with Crippen LogP contribution in [0.3, 0.4) is 0 Å². The van der Waals surface area contributed by atoms with Gasteiger partial charge in [0.25, 0.3) is 5.91 Å². The lowest BCUT2D eigenvalue weighted by Gasteiger charge is -2.31. The van der Waals surface area contributed by atoms with E-state index in [1.165, 1.54) is 25.3 Å². The summed E-state index contributed by atoms with van der Waals surface area (Å²) in [7, 11) is 0. The molecule has 4 nitrogen and oxygen atoms in total. The molecule has 2 saturated heterocycles. The van der Waals surface area contributed by atoms with Crippen LogP contribution in [0.15, 0.2) is 18.2 Å². The van der Waals surface area contributed by atoms with Crippen molar-refractivity contribution in [3.63, 3.8) is 0 Å². The molecule has 1 amide bonds. The van der Waals surface area contributed by atoms with Gasteiger partial charge in [-0.15, -0.1) is 0 Å². The monoisotopic (exact) mass is 334 g/mol. The minimum absolute atomic E-state index is 0.0167. The second kappa shape index (κ2) is 8.08. The average molecular weight is 334 g/mol. The number of likely N-dealkylation sites (tertiary alicyclic amines) is 1. The van der Waals surface area contributed by atoms with Crippen molar-refractivity contribution in [1.82, 2.24) is 9.80 Å². The maximum atomic E-state index is 14.1. The van der Waals surface area contributed by atoms with Crippen molar-refractivity contribution in [2.24, 2.45) is 0 Å². The molecule has 2 fully saturated rings. The molecule has 1 aromatic carbocycles.